The van der Waals surface area contributed by atoms with E-state index in [0.29, 0.717) is 4.90 Å². The summed E-state index contributed by atoms with van der Waals surface area (Å²) in [4.78, 5) is 11.0. The minimum atomic E-state index is -4.47. The third-order valence-corrected chi connectivity index (χ3v) is 2.45. The zero-order valence-electron chi connectivity index (χ0n) is 7.76. The van der Waals surface area contributed by atoms with Gasteiger partial charge in [-0.1, -0.05) is 23.2 Å². The summed E-state index contributed by atoms with van der Waals surface area (Å²) >= 11 is 11.2. The fourth-order valence-corrected chi connectivity index (χ4v) is 1.34. The summed E-state index contributed by atoms with van der Waals surface area (Å²) in [5, 5.41) is 0.302. The highest BCUT2D eigenvalue weighted by Gasteiger charge is 2.31. The number of hydrogen-bond donors (Lipinski definition) is 0. The fraction of sp³-hybridized carbons (Fsp3) is 0.222. The first-order valence-electron chi connectivity index (χ1n) is 4.07. The Morgan fingerprint density at radius 1 is 1.25 bits per heavy atom. The van der Waals surface area contributed by atoms with Crippen LogP contribution >= 0.6 is 23.2 Å². The van der Waals surface area contributed by atoms with Crippen molar-refractivity contribution in [3.05, 3.63) is 28.2 Å². The Kier molecular flexibility index (Phi) is 4.04. The number of nitrogens with zero attached hydrogens (tertiary/aromatic N) is 1. The van der Waals surface area contributed by atoms with Crippen LogP contribution in [-0.2, 0) is 4.79 Å². The van der Waals surface area contributed by atoms with Crippen molar-refractivity contribution in [1.82, 2.24) is 0 Å². The quantitative estimate of drug-likeness (QED) is 0.771. The predicted molar refractivity (Wildman–Crippen MR) is 55.9 cm³/mol. The zero-order chi connectivity index (χ0) is 12.3. The van der Waals surface area contributed by atoms with Crippen LogP contribution in [0.3, 0.4) is 0 Å². The molecule has 7 heteroatoms. The van der Waals surface area contributed by atoms with Gasteiger partial charge in [-0.25, -0.2) is 0 Å². The van der Waals surface area contributed by atoms with E-state index in [-0.39, 0.29) is 22.1 Å². The van der Waals surface area contributed by atoms with E-state index in [2.05, 4.69) is 0 Å². The lowest BCUT2D eigenvalue weighted by Gasteiger charge is -2.19. The number of carbonyl (C=O) groups excluding carboxylic acids is 1. The highest BCUT2D eigenvalue weighted by atomic mass is 35.5. The van der Waals surface area contributed by atoms with Gasteiger partial charge in [-0.3, -0.25) is 4.79 Å². The van der Waals surface area contributed by atoms with Crippen molar-refractivity contribution in [3.63, 3.8) is 0 Å². The normalized spacial score (nSPS) is 11.3. The highest BCUT2D eigenvalue weighted by Crippen LogP contribution is 2.28. The van der Waals surface area contributed by atoms with Gasteiger partial charge < -0.3 is 4.90 Å². The summed E-state index contributed by atoms with van der Waals surface area (Å²) in [7, 11) is 0. The molecule has 0 aliphatic carbocycles. The van der Waals surface area contributed by atoms with Gasteiger partial charge in [-0.05, 0) is 18.2 Å². The maximum atomic E-state index is 12.1. The smallest absolute Gasteiger partial charge is 0.306 e. The van der Waals surface area contributed by atoms with Crippen molar-refractivity contribution in [2.24, 2.45) is 0 Å². The van der Waals surface area contributed by atoms with Crippen molar-refractivity contribution in [1.29, 1.82) is 0 Å². The van der Waals surface area contributed by atoms with Crippen LogP contribution in [0.1, 0.15) is 0 Å². The molecule has 0 atom stereocenters. The van der Waals surface area contributed by atoms with Gasteiger partial charge in [0.2, 0.25) is 6.41 Å². The van der Waals surface area contributed by atoms with Crippen LogP contribution in [0.5, 0.6) is 0 Å². The van der Waals surface area contributed by atoms with Gasteiger partial charge in [0.05, 0.1) is 10.0 Å². The van der Waals surface area contributed by atoms with Gasteiger partial charge in [0.1, 0.15) is 6.54 Å². The van der Waals surface area contributed by atoms with Gasteiger partial charge in [-0.2, -0.15) is 13.2 Å². The van der Waals surface area contributed by atoms with Crippen LogP contribution in [0.15, 0.2) is 18.2 Å². The average Bonchev–Trinajstić information content (AvgIpc) is 2.17. The summed E-state index contributed by atoms with van der Waals surface area (Å²) in [6, 6.07) is 3.81. The molecule has 0 saturated carbocycles. The number of carbonyl (C=O) groups is 1. The molecule has 0 heterocycles. The maximum Gasteiger partial charge on any atom is 0.406 e. The molecule has 0 unspecified atom stereocenters. The molecule has 16 heavy (non-hydrogen) atoms. The van der Waals surface area contributed by atoms with E-state index < -0.39 is 12.7 Å². The molecule has 1 amide bonds. The Hall–Kier alpha value is -0.940. The average molecular weight is 272 g/mol. The molecule has 0 spiro atoms. The molecule has 0 saturated heterocycles. The van der Waals surface area contributed by atoms with Gasteiger partial charge >= 0.3 is 6.18 Å². The molecule has 0 aliphatic rings. The van der Waals surface area contributed by atoms with Crippen molar-refractivity contribution in [3.8, 4) is 0 Å². The van der Waals surface area contributed by atoms with E-state index in [1.54, 1.807) is 0 Å². The van der Waals surface area contributed by atoms with Crippen molar-refractivity contribution >= 4 is 35.3 Å². The monoisotopic (exact) mass is 271 g/mol. The number of amides is 1. The van der Waals surface area contributed by atoms with Crippen LogP contribution in [0.2, 0.25) is 10.0 Å². The fourth-order valence-electron chi connectivity index (χ4n) is 1.05. The summed E-state index contributed by atoms with van der Waals surface area (Å²) in [6.45, 7) is -1.37. The largest absolute Gasteiger partial charge is 0.406 e. The van der Waals surface area contributed by atoms with Crippen molar-refractivity contribution < 1.29 is 18.0 Å². The Balaban J connectivity index is 2.96. The Labute approximate surface area is 99.6 Å². The van der Waals surface area contributed by atoms with Gasteiger partial charge in [0.15, 0.2) is 0 Å². The van der Waals surface area contributed by atoms with Crippen molar-refractivity contribution in [2.75, 3.05) is 11.4 Å². The van der Waals surface area contributed by atoms with Crippen LogP contribution in [0.4, 0.5) is 18.9 Å². The van der Waals surface area contributed by atoms with Crippen LogP contribution in [0.25, 0.3) is 0 Å². The second kappa shape index (κ2) is 4.93. The van der Waals surface area contributed by atoms with Crippen LogP contribution < -0.4 is 4.90 Å². The Morgan fingerprint density at radius 2 is 1.88 bits per heavy atom. The van der Waals surface area contributed by atoms with Gasteiger partial charge in [0.25, 0.3) is 0 Å². The molecule has 1 aromatic rings. The maximum absolute atomic E-state index is 12.1. The molecule has 0 aromatic heterocycles. The first kappa shape index (κ1) is 13.1. The number of benzene rings is 1. The van der Waals surface area contributed by atoms with E-state index in [9.17, 15) is 18.0 Å². The summed E-state index contributed by atoms with van der Waals surface area (Å²) < 4.78 is 36.3. The Bertz CT molecular complexity index is 395. The van der Waals surface area contributed by atoms with E-state index in [1.807, 2.05) is 0 Å². The second-order valence-corrected chi connectivity index (χ2v) is 3.76. The van der Waals surface area contributed by atoms with Gasteiger partial charge in [-0.15, -0.1) is 0 Å². The van der Waals surface area contributed by atoms with Gasteiger partial charge in [0, 0.05) is 5.69 Å². The lowest BCUT2D eigenvalue weighted by Crippen LogP contribution is -2.33. The lowest BCUT2D eigenvalue weighted by molar-refractivity contribution is -0.126. The Morgan fingerprint density at radius 3 is 2.31 bits per heavy atom. The second-order valence-electron chi connectivity index (χ2n) is 2.95. The molecule has 0 aliphatic heterocycles. The standard InChI is InChI=1S/C9H6Cl2F3NO/c10-7-2-1-6(3-8(7)11)15(5-16)4-9(12,13)14/h1-3,5H,4H2. The van der Waals surface area contributed by atoms with E-state index in [0.717, 1.165) is 0 Å². The highest BCUT2D eigenvalue weighted by molar-refractivity contribution is 6.42. The molecular formula is C9H6Cl2F3NO. The molecule has 1 aromatic carbocycles. The van der Waals surface area contributed by atoms with Crippen LogP contribution in [0, 0.1) is 0 Å². The minimum Gasteiger partial charge on any atom is -0.306 e. The molecule has 1 rings (SSSR count). The number of anilines is 1. The summed E-state index contributed by atoms with van der Waals surface area (Å²) in [5.41, 5.74) is 0.0433. The third-order valence-electron chi connectivity index (χ3n) is 1.71. The van der Waals surface area contributed by atoms with E-state index in [1.165, 1.54) is 18.2 Å². The molecule has 0 bridgehead atoms. The first-order valence-corrected chi connectivity index (χ1v) is 4.83. The van der Waals surface area contributed by atoms with Crippen LogP contribution in [-0.4, -0.2) is 19.1 Å². The number of alkyl halides is 3. The molecular weight excluding hydrogens is 266 g/mol. The predicted octanol–water partition coefficient (Wildman–Crippen LogP) is 3.52. The minimum absolute atomic E-state index is 0.0433. The van der Waals surface area contributed by atoms with E-state index >= 15 is 0 Å². The number of halogens is 5. The molecule has 88 valence electrons. The van der Waals surface area contributed by atoms with Crippen molar-refractivity contribution in [2.45, 2.75) is 6.18 Å². The number of rotatable bonds is 3. The molecule has 0 radical (unpaired) electrons. The molecule has 0 fully saturated rings. The number of hydrogen-bond acceptors (Lipinski definition) is 1. The third kappa shape index (κ3) is 3.57. The summed E-state index contributed by atoms with van der Waals surface area (Å²) in [5.74, 6) is 0. The first-order chi connectivity index (χ1) is 7.33. The lowest BCUT2D eigenvalue weighted by atomic mass is 10.3. The van der Waals surface area contributed by atoms with E-state index in [4.69, 9.17) is 23.2 Å². The SMILES string of the molecule is O=CN(CC(F)(F)F)c1ccc(Cl)c(Cl)c1. The molecule has 0 N–H and O–H groups in total. The zero-order valence-corrected chi connectivity index (χ0v) is 9.27. The summed E-state index contributed by atoms with van der Waals surface area (Å²) in [6.07, 6.45) is -4.37. The topological polar surface area (TPSA) is 20.3 Å². The molecule has 2 nitrogen and oxygen atoms in total.